The van der Waals surface area contributed by atoms with Gasteiger partial charge in [0.05, 0.1) is 16.8 Å². The molecule has 2 rings (SSSR count). The molecule has 2 aromatic carbocycles. The van der Waals surface area contributed by atoms with E-state index in [-0.39, 0.29) is 6.04 Å². The van der Waals surface area contributed by atoms with Gasteiger partial charge in [0.25, 0.3) is 0 Å². The molecule has 0 heterocycles. The molecule has 0 aliphatic rings. The second-order valence-electron chi connectivity index (χ2n) is 5.30. The van der Waals surface area contributed by atoms with Gasteiger partial charge in [-0.25, -0.2) is 0 Å². The lowest BCUT2D eigenvalue weighted by molar-refractivity contribution is 0.717. The zero-order valence-electron chi connectivity index (χ0n) is 12.7. The molecule has 0 aromatic heterocycles. The summed E-state index contributed by atoms with van der Waals surface area (Å²) in [5.41, 5.74) is 4.53. The number of anilines is 1. The van der Waals surface area contributed by atoms with Crippen LogP contribution in [-0.2, 0) is 0 Å². The average molecular weight is 398 g/mol. The van der Waals surface area contributed by atoms with Crippen molar-refractivity contribution in [3.05, 3.63) is 62.6 Å². The molecule has 2 aromatic rings. The normalized spacial score (nSPS) is 11.9. The third kappa shape index (κ3) is 4.45. The van der Waals surface area contributed by atoms with Crippen molar-refractivity contribution in [1.29, 1.82) is 0 Å². The molecular weight excluding hydrogens is 380 g/mol. The predicted molar refractivity (Wildman–Crippen MR) is 103 cm³/mol. The number of thiocarbonyl (C=S) groups is 1. The molecule has 1 atom stereocenters. The van der Waals surface area contributed by atoms with E-state index in [0.29, 0.717) is 10.1 Å². The lowest BCUT2D eigenvalue weighted by Crippen LogP contribution is -2.31. The van der Waals surface area contributed by atoms with E-state index < -0.39 is 0 Å². The van der Waals surface area contributed by atoms with Crippen molar-refractivity contribution >= 4 is 50.5 Å². The van der Waals surface area contributed by atoms with Gasteiger partial charge in [-0.2, -0.15) is 0 Å². The van der Waals surface area contributed by atoms with Crippen LogP contribution in [0, 0.1) is 13.8 Å². The lowest BCUT2D eigenvalue weighted by atomic mass is 10.0. The lowest BCUT2D eigenvalue weighted by Gasteiger charge is -2.20. The number of halogens is 2. The second kappa shape index (κ2) is 7.44. The number of nitrogens with one attached hydrogen (secondary N) is 2. The van der Waals surface area contributed by atoms with Crippen LogP contribution in [0.2, 0.25) is 5.02 Å². The van der Waals surface area contributed by atoms with E-state index in [1.165, 1.54) is 16.7 Å². The van der Waals surface area contributed by atoms with Crippen LogP contribution < -0.4 is 10.6 Å². The topological polar surface area (TPSA) is 24.1 Å². The van der Waals surface area contributed by atoms with Crippen molar-refractivity contribution in [2.75, 3.05) is 5.32 Å². The molecule has 2 nitrogen and oxygen atoms in total. The fourth-order valence-corrected chi connectivity index (χ4v) is 3.34. The summed E-state index contributed by atoms with van der Waals surface area (Å²) in [5, 5.41) is 7.61. The number of aryl methyl sites for hydroxylation is 2. The molecule has 0 radical (unpaired) electrons. The standard InChI is InChI=1S/C17H18BrClN2S/c1-10-4-6-14(11(2)8-10)12(3)20-17(22)21-16-7-5-13(18)9-15(16)19/h4-9,12H,1-3H3,(H2,20,21,22). The summed E-state index contributed by atoms with van der Waals surface area (Å²) in [4.78, 5) is 0. The summed E-state index contributed by atoms with van der Waals surface area (Å²) in [6.45, 7) is 6.30. The first kappa shape index (κ1) is 17.3. The van der Waals surface area contributed by atoms with Crippen molar-refractivity contribution in [3.63, 3.8) is 0 Å². The molecule has 0 aliphatic heterocycles. The monoisotopic (exact) mass is 396 g/mol. The molecule has 0 saturated carbocycles. The van der Waals surface area contributed by atoms with E-state index >= 15 is 0 Å². The van der Waals surface area contributed by atoms with Crippen molar-refractivity contribution in [2.24, 2.45) is 0 Å². The Kier molecular flexibility index (Phi) is 5.84. The van der Waals surface area contributed by atoms with E-state index in [1.54, 1.807) is 0 Å². The minimum absolute atomic E-state index is 0.120. The maximum atomic E-state index is 6.19. The van der Waals surface area contributed by atoms with Gasteiger partial charge in [-0.15, -0.1) is 0 Å². The van der Waals surface area contributed by atoms with Gasteiger partial charge in [-0.3, -0.25) is 0 Å². The van der Waals surface area contributed by atoms with Gasteiger partial charge in [0, 0.05) is 4.47 Å². The first-order valence-corrected chi connectivity index (χ1v) is 8.54. The minimum atomic E-state index is 0.120. The maximum absolute atomic E-state index is 6.19. The summed E-state index contributed by atoms with van der Waals surface area (Å²) in [6, 6.07) is 12.2. The summed E-state index contributed by atoms with van der Waals surface area (Å²) in [6.07, 6.45) is 0. The van der Waals surface area contributed by atoms with Crippen molar-refractivity contribution in [3.8, 4) is 0 Å². The Morgan fingerprint density at radius 3 is 2.55 bits per heavy atom. The number of rotatable bonds is 3. The minimum Gasteiger partial charge on any atom is -0.356 e. The third-order valence-corrected chi connectivity index (χ3v) is 4.44. The Hall–Kier alpha value is -1.10. The molecule has 0 saturated heterocycles. The van der Waals surface area contributed by atoms with Crippen LogP contribution in [0.15, 0.2) is 40.9 Å². The summed E-state index contributed by atoms with van der Waals surface area (Å²) in [7, 11) is 0. The Labute approximate surface area is 150 Å². The van der Waals surface area contributed by atoms with Crippen molar-refractivity contribution in [1.82, 2.24) is 5.32 Å². The van der Waals surface area contributed by atoms with Crippen molar-refractivity contribution in [2.45, 2.75) is 26.8 Å². The van der Waals surface area contributed by atoms with Crippen LogP contribution in [0.5, 0.6) is 0 Å². The molecule has 1 unspecified atom stereocenters. The van der Waals surface area contributed by atoms with E-state index in [1.807, 2.05) is 18.2 Å². The van der Waals surface area contributed by atoms with Crippen molar-refractivity contribution < 1.29 is 0 Å². The van der Waals surface area contributed by atoms with Crippen LogP contribution in [0.1, 0.15) is 29.7 Å². The first-order chi connectivity index (χ1) is 10.4. The van der Waals surface area contributed by atoms with Gasteiger partial charge < -0.3 is 10.6 Å². The predicted octanol–water partition coefficient (Wildman–Crippen LogP) is 5.77. The van der Waals surface area contributed by atoms with Gasteiger partial charge in [0.2, 0.25) is 0 Å². The van der Waals surface area contributed by atoms with E-state index in [9.17, 15) is 0 Å². The Balaban J connectivity index is 2.05. The summed E-state index contributed by atoms with van der Waals surface area (Å²) < 4.78 is 0.936. The first-order valence-electron chi connectivity index (χ1n) is 6.96. The highest BCUT2D eigenvalue weighted by Gasteiger charge is 2.11. The third-order valence-electron chi connectivity index (χ3n) is 3.42. The van der Waals surface area contributed by atoms with Crippen LogP contribution in [0.4, 0.5) is 5.69 Å². The average Bonchev–Trinajstić information content (AvgIpc) is 2.41. The van der Waals surface area contributed by atoms with Gasteiger partial charge in [-0.1, -0.05) is 51.3 Å². The molecule has 0 bridgehead atoms. The fraction of sp³-hybridized carbons (Fsp3) is 0.235. The van der Waals surface area contributed by atoms with Gasteiger partial charge in [0.15, 0.2) is 5.11 Å². The largest absolute Gasteiger partial charge is 0.356 e. The van der Waals surface area contributed by atoms with E-state index in [2.05, 4.69) is 65.5 Å². The summed E-state index contributed by atoms with van der Waals surface area (Å²) >= 11 is 15.0. The highest BCUT2D eigenvalue weighted by molar-refractivity contribution is 9.10. The van der Waals surface area contributed by atoms with Crippen LogP contribution in [0.25, 0.3) is 0 Å². The van der Waals surface area contributed by atoms with E-state index in [4.69, 9.17) is 23.8 Å². The van der Waals surface area contributed by atoms with Gasteiger partial charge in [0.1, 0.15) is 0 Å². The Bertz CT molecular complexity index is 703. The molecule has 5 heteroatoms. The Morgan fingerprint density at radius 2 is 1.91 bits per heavy atom. The number of benzene rings is 2. The second-order valence-corrected chi connectivity index (χ2v) is 7.04. The SMILES string of the molecule is Cc1ccc(C(C)NC(=S)Nc2ccc(Br)cc2Cl)c(C)c1. The van der Waals surface area contributed by atoms with Crippen LogP contribution >= 0.6 is 39.7 Å². The fourth-order valence-electron chi connectivity index (χ4n) is 2.34. The van der Waals surface area contributed by atoms with Crippen LogP contribution in [0.3, 0.4) is 0 Å². The molecule has 0 amide bonds. The molecule has 2 N–H and O–H groups in total. The molecule has 0 fully saturated rings. The smallest absolute Gasteiger partial charge is 0.171 e. The number of hydrogen-bond acceptors (Lipinski definition) is 1. The van der Waals surface area contributed by atoms with Crippen LogP contribution in [-0.4, -0.2) is 5.11 Å². The zero-order chi connectivity index (χ0) is 16.3. The van der Waals surface area contributed by atoms with E-state index in [0.717, 1.165) is 10.2 Å². The zero-order valence-corrected chi connectivity index (χ0v) is 15.9. The highest BCUT2D eigenvalue weighted by Crippen LogP contribution is 2.26. The number of hydrogen-bond donors (Lipinski definition) is 2. The molecule has 116 valence electrons. The van der Waals surface area contributed by atoms with Gasteiger partial charge in [-0.05, 0) is 62.3 Å². The quantitative estimate of drug-likeness (QED) is 0.643. The highest BCUT2D eigenvalue weighted by atomic mass is 79.9. The molecule has 0 spiro atoms. The Morgan fingerprint density at radius 1 is 1.18 bits per heavy atom. The molecular formula is C17H18BrClN2S. The summed E-state index contributed by atoms with van der Waals surface area (Å²) in [5.74, 6) is 0. The molecule has 22 heavy (non-hydrogen) atoms. The van der Waals surface area contributed by atoms with Gasteiger partial charge >= 0.3 is 0 Å². The maximum Gasteiger partial charge on any atom is 0.171 e. The molecule has 0 aliphatic carbocycles.